The summed E-state index contributed by atoms with van der Waals surface area (Å²) in [5.74, 6) is 0.146. The molecule has 0 aliphatic carbocycles. The molecule has 6 heteroatoms. The molecule has 1 saturated heterocycles. The van der Waals surface area contributed by atoms with E-state index in [0.717, 1.165) is 53.4 Å². The highest BCUT2D eigenvalue weighted by Crippen LogP contribution is 2.30. The number of amides is 1. The second kappa shape index (κ2) is 8.05. The first-order valence-corrected chi connectivity index (χ1v) is 10.4. The third kappa shape index (κ3) is 4.11. The first kappa shape index (κ1) is 17.9. The number of thiazole rings is 1. The molecule has 1 aromatic carbocycles. The first-order chi connectivity index (χ1) is 13.2. The summed E-state index contributed by atoms with van der Waals surface area (Å²) in [5, 5.41) is 4.08. The molecule has 0 radical (unpaired) electrons. The Morgan fingerprint density at radius 1 is 1.26 bits per heavy atom. The van der Waals surface area contributed by atoms with Gasteiger partial charge in [-0.2, -0.15) is 0 Å². The molecule has 1 fully saturated rings. The number of rotatable bonds is 5. The highest BCUT2D eigenvalue weighted by Gasteiger charge is 2.27. The Morgan fingerprint density at radius 2 is 2.07 bits per heavy atom. The van der Waals surface area contributed by atoms with Crippen LogP contribution < -0.4 is 10.2 Å². The van der Waals surface area contributed by atoms with Gasteiger partial charge in [0, 0.05) is 25.8 Å². The van der Waals surface area contributed by atoms with Crippen molar-refractivity contribution in [1.82, 2.24) is 15.3 Å². The van der Waals surface area contributed by atoms with Gasteiger partial charge < -0.3 is 10.2 Å². The molecule has 27 heavy (non-hydrogen) atoms. The van der Waals surface area contributed by atoms with Crippen LogP contribution in [0.2, 0.25) is 0 Å². The molecule has 5 nitrogen and oxygen atoms in total. The van der Waals surface area contributed by atoms with Gasteiger partial charge >= 0.3 is 0 Å². The lowest BCUT2D eigenvalue weighted by Gasteiger charge is -2.31. The molecule has 0 saturated carbocycles. The molecule has 0 unspecified atom stereocenters. The van der Waals surface area contributed by atoms with Gasteiger partial charge in [0.1, 0.15) is 10.3 Å². The lowest BCUT2D eigenvalue weighted by Crippen LogP contribution is -2.42. The van der Waals surface area contributed by atoms with Crippen molar-refractivity contribution in [3.05, 3.63) is 53.7 Å². The molecule has 1 aliphatic rings. The van der Waals surface area contributed by atoms with E-state index in [9.17, 15) is 4.79 Å². The molecule has 140 valence electrons. The maximum absolute atomic E-state index is 12.7. The van der Waals surface area contributed by atoms with E-state index in [0.29, 0.717) is 6.54 Å². The number of nitrogens with zero attached hydrogens (tertiary/aromatic N) is 3. The van der Waals surface area contributed by atoms with Gasteiger partial charge in [0.15, 0.2) is 5.13 Å². The zero-order valence-corrected chi connectivity index (χ0v) is 16.3. The second-order valence-electron chi connectivity index (χ2n) is 7.00. The average molecular weight is 381 g/mol. The SMILES string of the molecule is CCc1ccc(CNC(=O)[C@@H]2CCCN(c3nc4cccnc4s3)C2)cc1. The van der Waals surface area contributed by atoms with Crippen molar-refractivity contribution in [2.45, 2.75) is 32.7 Å². The summed E-state index contributed by atoms with van der Waals surface area (Å²) < 4.78 is 0. The first-order valence-electron chi connectivity index (χ1n) is 9.55. The van der Waals surface area contributed by atoms with Crippen molar-refractivity contribution in [3.63, 3.8) is 0 Å². The van der Waals surface area contributed by atoms with Crippen molar-refractivity contribution in [1.29, 1.82) is 0 Å². The highest BCUT2D eigenvalue weighted by atomic mass is 32.1. The summed E-state index contributed by atoms with van der Waals surface area (Å²) in [6.07, 6.45) is 4.77. The third-order valence-corrected chi connectivity index (χ3v) is 6.16. The second-order valence-corrected chi connectivity index (χ2v) is 7.95. The smallest absolute Gasteiger partial charge is 0.225 e. The van der Waals surface area contributed by atoms with E-state index in [2.05, 4.69) is 46.4 Å². The van der Waals surface area contributed by atoms with Crippen molar-refractivity contribution in [2.24, 2.45) is 5.92 Å². The monoisotopic (exact) mass is 380 g/mol. The van der Waals surface area contributed by atoms with E-state index in [1.165, 1.54) is 5.56 Å². The van der Waals surface area contributed by atoms with E-state index < -0.39 is 0 Å². The minimum Gasteiger partial charge on any atom is -0.352 e. The number of fused-ring (bicyclic) bond motifs is 1. The minimum absolute atomic E-state index is 0.00800. The zero-order valence-electron chi connectivity index (χ0n) is 15.5. The number of hydrogen-bond acceptors (Lipinski definition) is 5. The Bertz CT molecular complexity index is 888. The maximum Gasteiger partial charge on any atom is 0.225 e. The predicted octanol–water partition coefficient (Wildman–Crippen LogP) is 3.79. The Morgan fingerprint density at radius 3 is 2.85 bits per heavy atom. The third-order valence-electron chi connectivity index (χ3n) is 5.12. The number of pyridine rings is 1. The number of carbonyl (C=O) groups excluding carboxylic acids is 1. The van der Waals surface area contributed by atoms with Crippen LogP contribution in [0.5, 0.6) is 0 Å². The molecule has 0 bridgehead atoms. The molecule has 3 aromatic rings. The van der Waals surface area contributed by atoms with Crippen LogP contribution in [0.3, 0.4) is 0 Å². The van der Waals surface area contributed by atoms with Crippen molar-refractivity contribution in [3.8, 4) is 0 Å². The van der Waals surface area contributed by atoms with Crippen LogP contribution in [0.4, 0.5) is 5.13 Å². The van der Waals surface area contributed by atoms with E-state index in [1.807, 2.05) is 12.1 Å². The summed E-state index contributed by atoms with van der Waals surface area (Å²) in [6.45, 7) is 4.40. The molecule has 0 spiro atoms. The highest BCUT2D eigenvalue weighted by molar-refractivity contribution is 7.21. The van der Waals surface area contributed by atoms with Crippen LogP contribution >= 0.6 is 11.3 Å². The van der Waals surface area contributed by atoms with Crippen molar-refractivity contribution in [2.75, 3.05) is 18.0 Å². The topological polar surface area (TPSA) is 58.1 Å². The van der Waals surface area contributed by atoms with Crippen molar-refractivity contribution >= 4 is 32.7 Å². The van der Waals surface area contributed by atoms with Gasteiger partial charge in [-0.05, 0) is 42.5 Å². The lowest BCUT2D eigenvalue weighted by molar-refractivity contribution is -0.125. The minimum atomic E-state index is 0.00800. The van der Waals surface area contributed by atoms with Crippen LogP contribution in [-0.2, 0) is 17.8 Å². The summed E-state index contributed by atoms with van der Waals surface area (Å²) >= 11 is 1.60. The number of hydrogen-bond donors (Lipinski definition) is 1. The fourth-order valence-corrected chi connectivity index (χ4v) is 4.43. The lowest BCUT2D eigenvalue weighted by atomic mass is 9.97. The van der Waals surface area contributed by atoms with E-state index >= 15 is 0 Å². The van der Waals surface area contributed by atoms with Crippen LogP contribution in [-0.4, -0.2) is 29.0 Å². The summed E-state index contributed by atoms with van der Waals surface area (Å²) in [6, 6.07) is 12.3. The fraction of sp³-hybridized carbons (Fsp3) is 0.381. The van der Waals surface area contributed by atoms with Gasteiger partial charge in [-0.1, -0.05) is 42.5 Å². The molecular weight excluding hydrogens is 356 g/mol. The molecule has 3 heterocycles. The number of nitrogens with one attached hydrogen (secondary N) is 1. The molecule has 1 amide bonds. The van der Waals surface area contributed by atoms with E-state index in [-0.39, 0.29) is 11.8 Å². The molecule has 4 rings (SSSR count). The largest absolute Gasteiger partial charge is 0.352 e. The van der Waals surface area contributed by atoms with Crippen LogP contribution in [0.1, 0.15) is 30.9 Å². The van der Waals surface area contributed by atoms with Crippen LogP contribution in [0.25, 0.3) is 10.3 Å². The summed E-state index contributed by atoms with van der Waals surface area (Å²) in [4.78, 5) is 24.9. The number of piperidine rings is 1. The van der Waals surface area contributed by atoms with Crippen LogP contribution in [0.15, 0.2) is 42.6 Å². The molecular formula is C21H24N4OS. The Kier molecular flexibility index (Phi) is 5.34. The number of anilines is 1. The normalized spacial score (nSPS) is 17.2. The van der Waals surface area contributed by atoms with Gasteiger partial charge in [-0.15, -0.1) is 0 Å². The number of aryl methyl sites for hydroxylation is 1. The van der Waals surface area contributed by atoms with Crippen molar-refractivity contribution < 1.29 is 4.79 Å². The fourth-order valence-electron chi connectivity index (χ4n) is 3.48. The molecule has 1 aliphatic heterocycles. The Hall–Kier alpha value is -2.47. The van der Waals surface area contributed by atoms with Gasteiger partial charge in [0.2, 0.25) is 5.91 Å². The average Bonchev–Trinajstić information content (AvgIpc) is 3.17. The van der Waals surface area contributed by atoms with Gasteiger partial charge in [-0.25, -0.2) is 9.97 Å². The predicted molar refractivity (Wildman–Crippen MR) is 110 cm³/mol. The number of benzene rings is 1. The van der Waals surface area contributed by atoms with Gasteiger partial charge in [-0.3, -0.25) is 4.79 Å². The summed E-state index contributed by atoms with van der Waals surface area (Å²) in [7, 11) is 0. The number of carbonyl (C=O) groups is 1. The standard InChI is InChI=1S/C21H24N4OS/c1-2-15-7-9-16(10-8-15)13-23-19(26)17-5-4-12-25(14-17)21-24-18-6-3-11-22-20(18)27-21/h3,6-11,17H,2,4-5,12-14H2,1H3,(H,23,26)/t17-/m1/s1. The van der Waals surface area contributed by atoms with E-state index in [4.69, 9.17) is 4.98 Å². The molecule has 2 aromatic heterocycles. The van der Waals surface area contributed by atoms with Crippen LogP contribution in [0, 0.1) is 5.92 Å². The maximum atomic E-state index is 12.7. The molecule has 1 N–H and O–H groups in total. The molecule has 1 atom stereocenters. The zero-order chi connectivity index (χ0) is 18.6. The van der Waals surface area contributed by atoms with Gasteiger partial charge in [0.25, 0.3) is 0 Å². The Balaban J connectivity index is 1.37. The Labute approximate surface area is 163 Å². The summed E-state index contributed by atoms with van der Waals surface area (Å²) in [5.41, 5.74) is 3.39. The quantitative estimate of drug-likeness (QED) is 0.732. The number of aromatic nitrogens is 2. The van der Waals surface area contributed by atoms with Gasteiger partial charge in [0.05, 0.1) is 5.92 Å². The van der Waals surface area contributed by atoms with E-state index in [1.54, 1.807) is 17.5 Å².